The lowest BCUT2D eigenvalue weighted by atomic mass is 9.91. The summed E-state index contributed by atoms with van der Waals surface area (Å²) in [4.78, 5) is 78.0. The lowest BCUT2D eigenvalue weighted by molar-refractivity contribution is -0.139. The number of carboxylic acid groups (broad SMARTS) is 2. The quantitative estimate of drug-likeness (QED) is 0.0935. The number of halogens is 1. The van der Waals surface area contributed by atoms with Crippen LogP contribution in [-0.2, 0) is 32.1 Å². The SMILES string of the molecule is C[C@@H](Cc1ccc2ccccc2c1)NC(=O)c1ccc(CNC(=O)[C@H](CCC(=O)O)CC(=O)[C@H](CCC(=O)O)NC(=O)c2ccnc([18F])c2)cc1. The standard InChI is InChI=1S/C38H39FN4O8/c1-23(18-25-8-9-26-4-2-3-5-28(26)19-25)42-37(50)27-10-6-24(7-11-27)22-41-36(49)29(12-14-34(45)46)20-32(44)31(13-15-35(47)48)43-38(51)30-16-17-40-33(39)21-30/h2-11,16-17,19,21,23,29,31H,12-15,18,20,22H2,1H3,(H,41,49)(H,42,50)(H,43,51)(H,45,46)(H,47,48)/t23-,29+,31-/m0/s1/i39-1. The van der Waals surface area contributed by atoms with Gasteiger partial charge in [-0.05, 0) is 66.3 Å². The molecule has 4 rings (SSSR count). The number of aromatic nitrogens is 1. The van der Waals surface area contributed by atoms with Crippen molar-refractivity contribution in [1.82, 2.24) is 20.9 Å². The van der Waals surface area contributed by atoms with Crippen LogP contribution in [0.15, 0.2) is 85.1 Å². The molecular weight excluding hydrogens is 658 g/mol. The summed E-state index contributed by atoms with van der Waals surface area (Å²) in [5.41, 5.74) is 2.01. The molecule has 0 radical (unpaired) electrons. The normalized spacial score (nSPS) is 12.7. The average Bonchev–Trinajstić information content (AvgIpc) is 3.10. The van der Waals surface area contributed by atoms with E-state index in [0.29, 0.717) is 17.5 Å². The number of carboxylic acids is 2. The van der Waals surface area contributed by atoms with E-state index in [4.69, 9.17) is 5.11 Å². The van der Waals surface area contributed by atoms with E-state index in [0.717, 1.165) is 28.6 Å². The van der Waals surface area contributed by atoms with Crippen molar-refractivity contribution in [3.05, 3.63) is 113 Å². The van der Waals surface area contributed by atoms with Crippen LogP contribution in [0.2, 0.25) is 0 Å². The first-order chi connectivity index (χ1) is 24.4. The number of carbonyl (C=O) groups excluding carboxylic acids is 4. The molecule has 0 saturated heterocycles. The molecule has 0 aliphatic rings. The van der Waals surface area contributed by atoms with Crippen LogP contribution in [0.1, 0.15) is 70.9 Å². The number of nitrogens with one attached hydrogen (secondary N) is 3. The van der Waals surface area contributed by atoms with Gasteiger partial charge >= 0.3 is 11.9 Å². The number of hydrogen-bond donors (Lipinski definition) is 5. The molecule has 0 aliphatic heterocycles. The smallest absolute Gasteiger partial charge is 0.303 e. The maximum Gasteiger partial charge on any atom is 0.303 e. The van der Waals surface area contributed by atoms with Crippen molar-refractivity contribution >= 4 is 46.2 Å². The van der Waals surface area contributed by atoms with Crippen molar-refractivity contribution in [2.45, 2.75) is 64.1 Å². The van der Waals surface area contributed by atoms with Gasteiger partial charge in [-0.2, -0.15) is 4.39 Å². The summed E-state index contributed by atoms with van der Waals surface area (Å²) in [6.45, 7) is 1.94. The topological polar surface area (TPSA) is 192 Å². The van der Waals surface area contributed by atoms with Crippen molar-refractivity contribution in [2.75, 3.05) is 0 Å². The third-order valence-electron chi connectivity index (χ3n) is 8.27. The number of aliphatic carboxylic acids is 2. The molecule has 51 heavy (non-hydrogen) atoms. The Morgan fingerprint density at radius 3 is 2.08 bits per heavy atom. The summed E-state index contributed by atoms with van der Waals surface area (Å²) >= 11 is 0. The first-order valence-corrected chi connectivity index (χ1v) is 16.4. The molecule has 3 aromatic carbocycles. The van der Waals surface area contributed by atoms with Gasteiger partial charge in [0.25, 0.3) is 11.8 Å². The zero-order valence-electron chi connectivity index (χ0n) is 27.9. The second-order valence-electron chi connectivity index (χ2n) is 12.3. The molecule has 0 saturated carbocycles. The van der Waals surface area contributed by atoms with Crippen molar-refractivity contribution in [2.24, 2.45) is 5.92 Å². The Morgan fingerprint density at radius 1 is 0.745 bits per heavy atom. The number of ketones is 1. The summed E-state index contributed by atoms with van der Waals surface area (Å²) < 4.78 is 13.5. The Hall–Kier alpha value is -5.98. The first-order valence-electron chi connectivity index (χ1n) is 16.4. The number of benzene rings is 3. The maximum atomic E-state index is 13.5. The van der Waals surface area contributed by atoms with Gasteiger partial charge in [0.15, 0.2) is 5.78 Å². The minimum atomic E-state index is -1.33. The third kappa shape index (κ3) is 11.8. The fraction of sp³-hybridized carbons (Fsp3) is 0.289. The predicted molar refractivity (Wildman–Crippen MR) is 185 cm³/mol. The summed E-state index contributed by atoms with van der Waals surface area (Å²) in [5.74, 6) is -6.85. The third-order valence-corrected chi connectivity index (χ3v) is 8.27. The second kappa shape index (κ2) is 18.1. The van der Waals surface area contributed by atoms with E-state index >= 15 is 0 Å². The van der Waals surface area contributed by atoms with Crippen molar-refractivity contribution in [1.29, 1.82) is 0 Å². The summed E-state index contributed by atoms with van der Waals surface area (Å²) in [6, 6.07) is 21.4. The van der Waals surface area contributed by atoms with Gasteiger partial charge in [-0.25, -0.2) is 4.98 Å². The van der Waals surface area contributed by atoms with Crippen molar-refractivity contribution in [3.63, 3.8) is 0 Å². The van der Waals surface area contributed by atoms with Crippen molar-refractivity contribution < 1.29 is 43.4 Å². The summed E-state index contributed by atoms with van der Waals surface area (Å²) in [5, 5.41) is 28.8. The number of amides is 3. The Bertz CT molecular complexity index is 1900. The highest BCUT2D eigenvalue weighted by Crippen LogP contribution is 2.18. The highest BCUT2D eigenvalue weighted by Gasteiger charge is 2.29. The molecule has 3 atom stereocenters. The summed E-state index contributed by atoms with van der Waals surface area (Å²) in [7, 11) is 0. The summed E-state index contributed by atoms with van der Waals surface area (Å²) in [6.07, 6.45) is -0.181. The molecule has 12 nitrogen and oxygen atoms in total. The number of Topliss-reactive ketones (excluding diaryl/α,β-unsaturated/α-hetero) is 1. The number of rotatable bonds is 18. The van der Waals surface area contributed by atoms with Crippen molar-refractivity contribution in [3.8, 4) is 0 Å². The van der Waals surface area contributed by atoms with Gasteiger partial charge in [0, 0.05) is 61.2 Å². The number of nitrogens with zero attached hydrogens (tertiary/aromatic N) is 1. The fourth-order valence-corrected chi connectivity index (χ4v) is 5.56. The highest BCUT2D eigenvalue weighted by atomic mass is 18.2. The van der Waals surface area contributed by atoms with E-state index in [-0.39, 0.29) is 36.9 Å². The molecular formula is C38H39FN4O8. The number of fused-ring (bicyclic) bond motifs is 1. The fourth-order valence-electron chi connectivity index (χ4n) is 5.56. The van der Waals surface area contributed by atoms with Gasteiger partial charge in [0.05, 0.1) is 6.04 Å². The minimum absolute atomic E-state index is 0.0175. The molecule has 4 aromatic rings. The zero-order valence-corrected chi connectivity index (χ0v) is 27.9. The van der Waals surface area contributed by atoms with Crippen LogP contribution in [0.4, 0.5) is 4.39 Å². The van der Waals surface area contributed by atoms with Gasteiger partial charge < -0.3 is 26.2 Å². The number of carbonyl (C=O) groups is 6. The van der Waals surface area contributed by atoms with Crippen LogP contribution in [0, 0.1) is 11.9 Å². The van der Waals surface area contributed by atoms with Crippen LogP contribution < -0.4 is 16.0 Å². The zero-order chi connectivity index (χ0) is 36.9. The van der Waals surface area contributed by atoms with Crippen LogP contribution in [0.25, 0.3) is 10.8 Å². The molecule has 1 heterocycles. The molecule has 266 valence electrons. The monoisotopic (exact) mass is 697 g/mol. The molecule has 1 aromatic heterocycles. The van der Waals surface area contributed by atoms with Crippen LogP contribution in [-0.4, -0.2) is 62.7 Å². The lowest BCUT2D eigenvalue weighted by Gasteiger charge is -2.21. The maximum absolute atomic E-state index is 13.5. The molecule has 0 spiro atoms. The Kier molecular flexibility index (Phi) is 13.5. The van der Waals surface area contributed by atoms with E-state index in [1.807, 2.05) is 37.3 Å². The molecule has 0 bridgehead atoms. The molecule has 0 fully saturated rings. The average molecular weight is 698 g/mol. The van der Waals surface area contributed by atoms with Gasteiger partial charge in [0.1, 0.15) is 0 Å². The van der Waals surface area contributed by atoms with Crippen LogP contribution in [0.5, 0.6) is 0 Å². The number of pyridine rings is 1. The molecule has 3 amide bonds. The molecule has 5 N–H and O–H groups in total. The van der Waals surface area contributed by atoms with E-state index in [1.54, 1.807) is 24.3 Å². The molecule has 13 heteroatoms. The molecule has 0 aliphatic carbocycles. The molecule has 0 unspecified atom stereocenters. The first kappa shape index (κ1) is 37.8. The Morgan fingerprint density at radius 2 is 1.39 bits per heavy atom. The minimum Gasteiger partial charge on any atom is -0.481 e. The predicted octanol–water partition coefficient (Wildman–Crippen LogP) is 4.45. The number of hydrogen-bond acceptors (Lipinski definition) is 7. The van der Waals surface area contributed by atoms with Crippen LogP contribution in [0.3, 0.4) is 0 Å². The second-order valence-corrected chi connectivity index (χ2v) is 12.3. The highest BCUT2D eigenvalue weighted by molar-refractivity contribution is 5.99. The van der Waals surface area contributed by atoms with E-state index in [1.165, 1.54) is 6.07 Å². The van der Waals surface area contributed by atoms with E-state index < -0.39 is 66.7 Å². The Labute approximate surface area is 293 Å². The largest absolute Gasteiger partial charge is 0.481 e. The lowest BCUT2D eigenvalue weighted by Crippen LogP contribution is -2.43. The van der Waals surface area contributed by atoms with Crippen LogP contribution >= 0.6 is 0 Å². The van der Waals surface area contributed by atoms with Gasteiger partial charge in [-0.3, -0.25) is 28.8 Å². The van der Waals surface area contributed by atoms with Gasteiger partial charge in [-0.1, -0.05) is 54.6 Å². The Balaban J connectivity index is 1.34. The van der Waals surface area contributed by atoms with Gasteiger partial charge in [0.2, 0.25) is 11.9 Å². The van der Waals surface area contributed by atoms with Gasteiger partial charge in [-0.15, -0.1) is 0 Å². The van der Waals surface area contributed by atoms with E-state index in [9.17, 15) is 38.3 Å². The van der Waals surface area contributed by atoms with E-state index in [2.05, 4.69) is 33.1 Å².